The Balaban J connectivity index is 2.72. The molecule has 1 aromatic carbocycles. The van der Waals surface area contributed by atoms with Gasteiger partial charge in [-0.1, -0.05) is 0 Å². The normalized spacial score (nSPS) is 11.2. The minimum atomic E-state index is -3.57. The Hall–Kier alpha value is -1.67. The number of hydrogen-bond donors (Lipinski definition) is 3. The largest absolute Gasteiger partial charge is 0.326 e. The van der Waals surface area contributed by atoms with Crippen LogP contribution in [0, 0.1) is 5.82 Å². The summed E-state index contributed by atoms with van der Waals surface area (Å²) >= 11 is 0. The average Bonchev–Trinajstić information content (AvgIpc) is 2.32. The number of sulfonamides is 1. The van der Waals surface area contributed by atoms with Gasteiger partial charge < -0.3 is 10.6 Å². The highest BCUT2D eigenvalue weighted by Crippen LogP contribution is 2.20. The summed E-state index contributed by atoms with van der Waals surface area (Å²) in [6.45, 7) is 0.720. The SMILES string of the molecule is CNCCCC(=O)Nc1ccc(F)c(NS(C)(=O)=O)c1. The third-order valence-electron chi connectivity index (χ3n) is 2.38. The maximum absolute atomic E-state index is 13.4. The highest BCUT2D eigenvalue weighted by molar-refractivity contribution is 7.92. The Kier molecular flexibility index (Phi) is 5.90. The van der Waals surface area contributed by atoms with E-state index >= 15 is 0 Å². The average molecular weight is 303 g/mol. The van der Waals surface area contributed by atoms with Crippen LogP contribution in [0.2, 0.25) is 0 Å². The number of nitrogens with one attached hydrogen (secondary N) is 3. The molecule has 0 unspecified atom stereocenters. The Bertz CT molecular complexity index is 575. The van der Waals surface area contributed by atoms with Gasteiger partial charge in [0.2, 0.25) is 15.9 Å². The van der Waals surface area contributed by atoms with Crippen molar-refractivity contribution in [2.45, 2.75) is 12.8 Å². The van der Waals surface area contributed by atoms with E-state index in [1.54, 1.807) is 7.05 Å². The second kappa shape index (κ2) is 7.20. The number of amides is 1. The van der Waals surface area contributed by atoms with Gasteiger partial charge in [-0.3, -0.25) is 9.52 Å². The van der Waals surface area contributed by atoms with Crippen molar-refractivity contribution >= 4 is 27.3 Å². The fraction of sp³-hybridized carbons (Fsp3) is 0.417. The van der Waals surface area contributed by atoms with Crippen LogP contribution in [0.25, 0.3) is 0 Å². The lowest BCUT2D eigenvalue weighted by molar-refractivity contribution is -0.116. The minimum Gasteiger partial charge on any atom is -0.326 e. The fourth-order valence-corrected chi connectivity index (χ4v) is 2.09. The molecule has 8 heteroatoms. The van der Waals surface area contributed by atoms with E-state index in [9.17, 15) is 17.6 Å². The molecule has 20 heavy (non-hydrogen) atoms. The predicted octanol–water partition coefficient (Wildman–Crippen LogP) is 1.14. The van der Waals surface area contributed by atoms with E-state index in [0.717, 1.165) is 18.9 Å². The van der Waals surface area contributed by atoms with E-state index in [4.69, 9.17) is 0 Å². The van der Waals surface area contributed by atoms with Crippen molar-refractivity contribution in [2.24, 2.45) is 0 Å². The van der Waals surface area contributed by atoms with E-state index in [1.165, 1.54) is 12.1 Å². The zero-order valence-electron chi connectivity index (χ0n) is 11.4. The molecule has 112 valence electrons. The second-order valence-electron chi connectivity index (χ2n) is 4.32. The molecular weight excluding hydrogens is 285 g/mol. The standard InChI is InChI=1S/C12H18FN3O3S/c1-14-7-3-4-12(17)15-9-5-6-10(13)11(8-9)16-20(2,18)19/h5-6,8,14,16H,3-4,7H2,1-2H3,(H,15,17). The first-order valence-corrected chi connectivity index (χ1v) is 7.93. The quantitative estimate of drug-likeness (QED) is 0.659. The Morgan fingerprint density at radius 1 is 1.35 bits per heavy atom. The van der Waals surface area contributed by atoms with Crippen LogP contribution in [-0.2, 0) is 14.8 Å². The van der Waals surface area contributed by atoms with E-state index in [-0.39, 0.29) is 11.6 Å². The van der Waals surface area contributed by atoms with Crippen LogP contribution < -0.4 is 15.4 Å². The maximum Gasteiger partial charge on any atom is 0.229 e. The number of anilines is 2. The van der Waals surface area contributed by atoms with Crippen molar-refractivity contribution in [3.05, 3.63) is 24.0 Å². The molecule has 6 nitrogen and oxygen atoms in total. The minimum absolute atomic E-state index is 0.194. The lowest BCUT2D eigenvalue weighted by Crippen LogP contribution is -2.16. The van der Waals surface area contributed by atoms with Crippen molar-refractivity contribution in [1.82, 2.24) is 5.32 Å². The van der Waals surface area contributed by atoms with E-state index in [2.05, 4.69) is 15.4 Å². The molecule has 0 fully saturated rings. The smallest absolute Gasteiger partial charge is 0.229 e. The highest BCUT2D eigenvalue weighted by atomic mass is 32.2. The van der Waals surface area contributed by atoms with Gasteiger partial charge in [0.25, 0.3) is 0 Å². The molecule has 0 spiro atoms. The second-order valence-corrected chi connectivity index (χ2v) is 6.07. The third-order valence-corrected chi connectivity index (χ3v) is 2.97. The number of rotatable bonds is 7. The van der Waals surface area contributed by atoms with Crippen LogP contribution in [-0.4, -0.2) is 34.2 Å². The zero-order chi connectivity index (χ0) is 15.2. The number of benzene rings is 1. The van der Waals surface area contributed by atoms with Crippen molar-refractivity contribution in [1.29, 1.82) is 0 Å². The van der Waals surface area contributed by atoms with Crippen molar-refractivity contribution in [2.75, 3.05) is 29.9 Å². The molecule has 0 aliphatic carbocycles. The van der Waals surface area contributed by atoms with Gasteiger partial charge in [0.15, 0.2) is 0 Å². The lowest BCUT2D eigenvalue weighted by Gasteiger charge is -2.09. The Labute approximate surface area is 117 Å². The molecule has 0 heterocycles. The molecule has 0 saturated heterocycles. The van der Waals surface area contributed by atoms with Gasteiger partial charge in [-0.15, -0.1) is 0 Å². The first kappa shape index (κ1) is 16.4. The highest BCUT2D eigenvalue weighted by Gasteiger charge is 2.10. The van der Waals surface area contributed by atoms with Gasteiger partial charge >= 0.3 is 0 Å². The van der Waals surface area contributed by atoms with Crippen LogP contribution in [0.4, 0.5) is 15.8 Å². The first-order chi connectivity index (χ1) is 9.31. The molecule has 0 saturated carbocycles. The van der Waals surface area contributed by atoms with Gasteiger partial charge in [-0.05, 0) is 38.2 Å². The summed E-state index contributed by atoms with van der Waals surface area (Å²) in [7, 11) is -1.78. The van der Waals surface area contributed by atoms with Crippen molar-refractivity contribution in [3.8, 4) is 0 Å². The summed E-state index contributed by atoms with van der Waals surface area (Å²) in [4.78, 5) is 11.6. The lowest BCUT2D eigenvalue weighted by atomic mass is 10.2. The molecule has 1 aromatic rings. The first-order valence-electron chi connectivity index (χ1n) is 6.03. The molecule has 1 amide bonds. The van der Waals surface area contributed by atoms with Crippen LogP contribution in [0.1, 0.15) is 12.8 Å². The van der Waals surface area contributed by atoms with Crippen LogP contribution >= 0.6 is 0 Å². The number of halogens is 1. The van der Waals surface area contributed by atoms with E-state index in [1.807, 2.05) is 0 Å². The van der Waals surface area contributed by atoms with Gasteiger partial charge in [0.05, 0.1) is 11.9 Å². The summed E-state index contributed by atoms with van der Waals surface area (Å²) < 4.78 is 37.7. The Morgan fingerprint density at radius 2 is 2.05 bits per heavy atom. The van der Waals surface area contributed by atoms with Crippen LogP contribution in [0.15, 0.2) is 18.2 Å². The van der Waals surface area contributed by atoms with Gasteiger partial charge in [-0.25, -0.2) is 12.8 Å². The molecule has 3 N–H and O–H groups in total. The molecule has 0 bridgehead atoms. The molecule has 0 aliphatic rings. The molecular formula is C12H18FN3O3S. The van der Waals surface area contributed by atoms with E-state index < -0.39 is 15.8 Å². The van der Waals surface area contributed by atoms with Crippen molar-refractivity contribution in [3.63, 3.8) is 0 Å². The topological polar surface area (TPSA) is 87.3 Å². The van der Waals surface area contributed by atoms with Gasteiger partial charge in [-0.2, -0.15) is 0 Å². The summed E-state index contributed by atoms with van der Waals surface area (Å²) in [5.41, 5.74) is 0.146. The van der Waals surface area contributed by atoms with Gasteiger partial charge in [0, 0.05) is 12.1 Å². The number of carbonyl (C=O) groups excluding carboxylic acids is 1. The molecule has 1 rings (SSSR count). The summed E-state index contributed by atoms with van der Waals surface area (Å²) in [5, 5.41) is 5.51. The Morgan fingerprint density at radius 3 is 2.65 bits per heavy atom. The maximum atomic E-state index is 13.4. The zero-order valence-corrected chi connectivity index (χ0v) is 12.2. The van der Waals surface area contributed by atoms with Crippen molar-refractivity contribution < 1.29 is 17.6 Å². The summed E-state index contributed by atoms with van der Waals surface area (Å²) in [6, 6.07) is 3.71. The monoisotopic (exact) mass is 303 g/mol. The number of carbonyl (C=O) groups is 1. The van der Waals surface area contributed by atoms with E-state index in [0.29, 0.717) is 18.5 Å². The summed E-state index contributed by atoms with van der Waals surface area (Å²) in [6.07, 6.45) is 1.93. The third kappa shape index (κ3) is 5.98. The summed E-state index contributed by atoms with van der Waals surface area (Å²) in [5.74, 6) is -0.916. The van der Waals surface area contributed by atoms with Crippen LogP contribution in [0.5, 0.6) is 0 Å². The molecule has 0 radical (unpaired) electrons. The fourth-order valence-electron chi connectivity index (χ4n) is 1.53. The molecule has 0 atom stereocenters. The molecule has 0 aliphatic heterocycles. The molecule has 0 aromatic heterocycles. The van der Waals surface area contributed by atoms with Crippen LogP contribution in [0.3, 0.4) is 0 Å². The van der Waals surface area contributed by atoms with Gasteiger partial charge in [0.1, 0.15) is 5.82 Å². The number of hydrogen-bond acceptors (Lipinski definition) is 4. The predicted molar refractivity (Wildman–Crippen MR) is 76.7 cm³/mol.